The second-order valence-electron chi connectivity index (χ2n) is 5.81. The Balaban J connectivity index is 2.20. The molecular formula is C12H18F5NO2S. The first-order chi connectivity index (χ1) is 9.63. The molecule has 0 amide bonds. The van der Waals surface area contributed by atoms with Crippen LogP contribution in [-0.2, 0) is 10.0 Å². The average Bonchev–Trinajstić information content (AvgIpc) is 2.46. The molecule has 0 spiro atoms. The van der Waals surface area contributed by atoms with E-state index in [1.165, 1.54) is 0 Å². The van der Waals surface area contributed by atoms with Crippen molar-refractivity contribution in [2.24, 2.45) is 11.8 Å². The van der Waals surface area contributed by atoms with E-state index in [9.17, 15) is 30.4 Å². The van der Waals surface area contributed by atoms with Crippen LogP contribution < -0.4 is 0 Å². The van der Waals surface area contributed by atoms with Crippen LogP contribution in [0.15, 0.2) is 0 Å². The lowest BCUT2D eigenvalue weighted by Gasteiger charge is -2.41. The highest BCUT2D eigenvalue weighted by Gasteiger charge is 2.67. The number of hydrogen-bond donors (Lipinski definition) is 0. The topological polar surface area (TPSA) is 37.4 Å². The van der Waals surface area contributed by atoms with Gasteiger partial charge in [-0.1, -0.05) is 19.3 Å². The van der Waals surface area contributed by atoms with E-state index in [0.717, 1.165) is 19.3 Å². The number of halogens is 5. The fourth-order valence-electron chi connectivity index (χ4n) is 3.21. The van der Waals surface area contributed by atoms with Crippen molar-refractivity contribution in [3.05, 3.63) is 0 Å². The molecule has 0 bridgehead atoms. The van der Waals surface area contributed by atoms with Gasteiger partial charge >= 0.3 is 11.2 Å². The summed E-state index contributed by atoms with van der Waals surface area (Å²) in [5, 5.41) is -5.42. The van der Waals surface area contributed by atoms with Crippen molar-refractivity contribution in [3.8, 4) is 0 Å². The lowest BCUT2D eigenvalue weighted by molar-refractivity contribution is -0.168. The molecule has 1 aliphatic heterocycles. The summed E-state index contributed by atoms with van der Waals surface area (Å²) < 4.78 is 89.3. The zero-order valence-electron chi connectivity index (χ0n) is 11.4. The molecule has 21 heavy (non-hydrogen) atoms. The molecular weight excluding hydrogens is 317 g/mol. The lowest BCUT2D eigenvalue weighted by Crippen LogP contribution is -2.57. The third kappa shape index (κ3) is 2.78. The first-order valence-electron chi connectivity index (χ1n) is 6.95. The van der Waals surface area contributed by atoms with Crippen LogP contribution >= 0.6 is 0 Å². The molecule has 2 aliphatic rings. The van der Waals surface area contributed by atoms with Crippen LogP contribution in [0.4, 0.5) is 22.0 Å². The van der Waals surface area contributed by atoms with Crippen molar-refractivity contribution in [2.75, 3.05) is 19.8 Å². The molecule has 2 atom stereocenters. The molecule has 0 aromatic heterocycles. The van der Waals surface area contributed by atoms with Crippen LogP contribution in [0.2, 0.25) is 0 Å². The van der Waals surface area contributed by atoms with Crippen molar-refractivity contribution in [2.45, 2.75) is 43.3 Å². The minimum absolute atomic E-state index is 0.0722. The van der Waals surface area contributed by atoms with E-state index in [4.69, 9.17) is 0 Å². The Bertz CT molecular complexity index is 482. The number of sulfonamides is 1. The fraction of sp³-hybridized carbons (Fsp3) is 1.00. The van der Waals surface area contributed by atoms with E-state index in [0.29, 0.717) is 17.1 Å². The number of piperidine rings is 1. The van der Waals surface area contributed by atoms with Crippen LogP contribution in [0.25, 0.3) is 0 Å². The van der Waals surface area contributed by atoms with Gasteiger partial charge in [-0.3, -0.25) is 0 Å². The monoisotopic (exact) mass is 335 g/mol. The number of alkyl halides is 5. The van der Waals surface area contributed by atoms with Gasteiger partial charge in [-0.15, -0.1) is 0 Å². The van der Waals surface area contributed by atoms with Gasteiger partial charge in [-0.05, 0) is 24.7 Å². The zero-order valence-corrected chi connectivity index (χ0v) is 12.2. The van der Waals surface area contributed by atoms with Gasteiger partial charge in [0.1, 0.15) is 0 Å². The molecule has 1 heterocycles. The summed E-state index contributed by atoms with van der Waals surface area (Å²) in [7, 11) is -5.57. The molecule has 0 radical (unpaired) electrons. The Morgan fingerprint density at radius 1 is 1.00 bits per heavy atom. The standard InChI is InChI=1S/C12H18F5NO2S/c13-8-11(14,15)12(16,17)21(19,20)18-6-5-9-3-1-2-4-10(9)7-18/h9-10H,1-8H2. The Kier molecular flexibility index (Phi) is 4.55. The van der Waals surface area contributed by atoms with Crippen molar-refractivity contribution in [1.82, 2.24) is 4.31 Å². The average molecular weight is 335 g/mol. The van der Waals surface area contributed by atoms with Gasteiger partial charge in [0.05, 0.1) is 0 Å². The first-order valence-corrected chi connectivity index (χ1v) is 8.39. The van der Waals surface area contributed by atoms with Crippen LogP contribution in [0.3, 0.4) is 0 Å². The largest absolute Gasteiger partial charge is 0.423 e. The van der Waals surface area contributed by atoms with Gasteiger partial charge < -0.3 is 0 Å². The highest BCUT2D eigenvalue weighted by Crippen LogP contribution is 2.44. The summed E-state index contributed by atoms with van der Waals surface area (Å²) in [5.41, 5.74) is 0. The maximum absolute atomic E-state index is 13.6. The van der Waals surface area contributed by atoms with Crippen molar-refractivity contribution in [1.29, 1.82) is 0 Å². The third-order valence-corrected chi connectivity index (χ3v) is 6.47. The maximum atomic E-state index is 13.6. The van der Waals surface area contributed by atoms with Crippen LogP contribution in [-0.4, -0.2) is 43.7 Å². The molecule has 2 fully saturated rings. The summed E-state index contributed by atoms with van der Waals surface area (Å²) in [6.07, 6.45) is 3.91. The minimum Gasteiger partial charge on any atom is -0.244 e. The zero-order chi connectivity index (χ0) is 15.9. The summed E-state index contributed by atoms with van der Waals surface area (Å²) in [6, 6.07) is 0. The Morgan fingerprint density at radius 2 is 1.57 bits per heavy atom. The molecule has 3 nitrogen and oxygen atoms in total. The predicted molar refractivity (Wildman–Crippen MR) is 66.4 cm³/mol. The lowest BCUT2D eigenvalue weighted by atomic mass is 9.76. The van der Waals surface area contributed by atoms with Crippen molar-refractivity contribution >= 4 is 10.0 Å². The van der Waals surface area contributed by atoms with Gasteiger partial charge in [0.2, 0.25) is 0 Å². The van der Waals surface area contributed by atoms with Crippen molar-refractivity contribution in [3.63, 3.8) is 0 Å². The van der Waals surface area contributed by atoms with Crippen LogP contribution in [0, 0.1) is 11.8 Å². The molecule has 0 aromatic carbocycles. The molecule has 1 saturated carbocycles. The molecule has 0 aromatic rings. The molecule has 2 rings (SSSR count). The molecule has 124 valence electrons. The van der Waals surface area contributed by atoms with Crippen molar-refractivity contribution < 1.29 is 30.4 Å². The second kappa shape index (κ2) is 5.64. The number of rotatable bonds is 4. The number of nitrogens with zero attached hydrogens (tertiary/aromatic N) is 1. The number of hydrogen-bond acceptors (Lipinski definition) is 2. The summed E-state index contributed by atoms with van der Waals surface area (Å²) in [6.45, 7) is -3.09. The molecule has 9 heteroatoms. The smallest absolute Gasteiger partial charge is 0.244 e. The van der Waals surface area contributed by atoms with Gasteiger partial charge in [-0.25, -0.2) is 12.8 Å². The normalized spacial score (nSPS) is 29.2. The molecule has 2 unspecified atom stereocenters. The van der Waals surface area contributed by atoms with E-state index in [1.807, 2.05) is 0 Å². The highest BCUT2D eigenvalue weighted by molar-refractivity contribution is 7.90. The number of fused-ring (bicyclic) bond motifs is 1. The van der Waals surface area contributed by atoms with Gasteiger partial charge in [-0.2, -0.15) is 21.9 Å². The minimum atomic E-state index is -5.57. The Morgan fingerprint density at radius 3 is 2.14 bits per heavy atom. The fourth-order valence-corrected chi connectivity index (χ4v) is 4.70. The van der Waals surface area contributed by atoms with E-state index in [-0.39, 0.29) is 24.9 Å². The summed E-state index contributed by atoms with van der Waals surface area (Å²) in [5.74, 6) is -5.02. The molecule has 0 N–H and O–H groups in total. The van der Waals surface area contributed by atoms with Crippen LogP contribution in [0.5, 0.6) is 0 Å². The highest BCUT2D eigenvalue weighted by atomic mass is 32.2. The van der Waals surface area contributed by atoms with Gasteiger partial charge in [0, 0.05) is 13.1 Å². The molecule has 1 saturated heterocycles. The molecule has 1 aliphatic carbocycles. The maximum Gasteiger partial charge on any atom is 0.423 e. The van der Waals surface area contributed by atoms with Gasteiger partial charge in [0.25, 0.3) is 10.0 Å². The third-order valence-electron chi connectivity index (χ3n) is 4.51. The van der Waals surface area contributed by atoms with E-state index in [2.05, 4.69) is 0 Å². The quantitative estimate of drug-likeness (QED) is 0.741. The van der Waals surface area contributed by atoms with E-state index < -0.39 is 27.9 Å². The Labute approximate surface area is 120 Å². The van der Waals surface area contributed by atoms with E-state index in [1.54, 1.807) is 0 Å². The first kappa shape index (κ1) is 16.9. The van der Waals surface area contributed by atoms with Crippen LogP contribution in [0.1, 0.15) is 32.1 Å². The van der Waals surface area contributed by atoms with E-state index >= 15 is 0 Å². The Hall–Kier alpha value is -0.440. The SMILES string of the molecule is O=S(=O)(N1CCC2CCCCC2C1)C(F)(F)C(F)(F)CF. The van der Waals surface area contributed by atoms with Gasteiger partial charge in [0.15, 0.2) is 6.67 Å². The summed E-state index contributed by atoms with van der Waals surface area (Å²) >= 11 is 0. The second-order valence-corrected chi connectivity index (χ2v) is 7.79. The predicted octanol–water partition coefficient (Wildman–Crippen LogP) is 3.03. The summed E-state index contributed by atoms with van der Waals surface area (Å²) in [4.78, 5) is 0.